The summed E-state index contributed by atoms with van der Waals surface area (Å²) in [4.78, 5) is 39.1. The second kappa shape index (κ2) is 7.20. The number of carbonyl (C=O) groups is 3. The number of rotatable bonds is 5. The molecule has 4 rings (SSSR count). The summed E-state index contributed by atoms with van der Waals surface area (Å²) in [6.45, 7) is 2.32. The average Bonchev–Trinajstić information content (AvgIpc) is 3.14. The molecule has 1 N–H and O–H groups in total. The van der Waals surface area contributed by atoms with Gasteiger partial charge in [-0.2, -0.15) is 0 Å². The molecule has 0 aliphatic carbocycles. The van der Waals surface area contributed by atoms with Crippen LogP contribution in [0.25, 0.3) is 0 Å². The molecule has 2 aliphatic heterocycles. The Morgan fingerprint density at radius 1 is 1.14 bits per heavy atom. The molecule has 0 radical (unpaired) electrons. The Morgan fingerprint density at radius 3 is 2.54 bits per heavy atom. The first kappa shape index (κ1) is 18.4. The quantitative estimate of drug-likeness (QED) is 0.640. The molecule has 2 heterocycles. The van der Waals surface area contributed by atoms with Crippen molar-refractivity contribution < 1.29 is 19.1 Å². The molecule has 6 nitrogen and oxygen atoms in total. The number of benzene rings is 2. The summed E-state index contributed by atoms with van der Waals surface area (Å²) in [5, 5.41) is 2.44. The minimum absolute atomic E-state index is 0.0516. The second-order valence-electron chi connectivity index (χ2n) is 7.27. The van der Waals surface area contributed by atoms with Crippen LogP contribution in [0, 0.1) is 0 Å². The van der Waals surface area contributed by atoms with E-state index in [4.69, 9.17) is 4.74 Å². The van der Waals surface area contributed by atoms with Gasteiger partial charge in [-0.1, -0.05) is 48.5 Å². The molecule has 144 valence electrons. The Bertz CT molecular complexity index is 927. The summed E-state index contributed by atoms with van der Waals surface area (Å²) in [5.41, 5.74) is 1.45. The van der Waals surface area contributed by atoms with Crippen molar-refractivity contribution in [1.29, 1.82) is 0 Å². The van der Waals surface area contributed by atoms with E-state index in [2.05, 4.69) is 5.32 Å². The van der Waals surface area contributed by atoms with E-state index in [1.807, 2.05) is 54.6 Å². The Kier molecular flexibility index (Phi) is 4.73. The van der Waals surface area contributed by atoms with Gasteiger partial charge < -0.3 is 9.64 Å². The van der Waals surface area contributed by atoms with Crippen LogP contribution < -0.4 is 10.2 Å². The molecule has 0 unspecified atom stereocenters. The van der Waals surface area contributed by atoms with Crippen molar-refractivity contribution in [3.8, 4) is 0 Å². The fourth-order valence-electron chi connectivity index (χ4n) is 4.46. The van der Waals surface area contributed by atoms with Crippen LogP contribution in [-0.4, -0.2) is 30.4 Å². The van der Waals surface area contributed by atoms with Crippen LogP contribution in [0.15, 0.2) is 54.6 Å². The molecule has 0 saturated carbocycles. The van der Waals surface area contributed by atoms with Crippen LogP contribution in [0.5, 0.6) is 0 Å². The Morgan fingerprint density at radius 2 is 1.86 bits per heavy atom. The summed E-state index contributed by atoms with van der Waals surface area (Å²) in [6, 6.07) is 16.7. The first-order valence-electron chi connectivity index (χ1n) is 9.39. The van der Waals surface area contributed by atoms with Gasteiger partial charge in [-0.3, -0.25) is 19.7 Å². The predicted octanol–water partition coefficient (Wildman–Crippen LogP) is 2.31. The second-order valence-corrected chi connectivity index (χ2v) is 7.27. The molecular weight excluding hydrogens is 356 g/mol. The lowest BCUT2D eigenvalue weighted by molar-refractivity contribution is -0.126. The number of ether oxygens (including phenoxy) is 1. The number of anilines is 1. The standard InChI is InChI=1S/C22H22N2O4/c1-15(25)24-18-10-6-5-9-17(18)22(13-20(26)23-21(22)27)19(24)11-12-28-14-16-7-3-2-4-8-16/h2-10,19H,11-14H2,1H3,(H,23,26,27)/t19-,22+/m1/s1. The van der Waals surface area contributed by atoms with Gasteiger partial charge in [-0.05, 0) is 23.6 Å². The highest BCUT2D eigenvalue weighted by Crippen LogP contribution is 2.50. The lowest BCUT2D eigenvalue weighted by Crippen LogP contribution is -2.51. The van der Waals surface area contributed by atoms with Crippen molar-refractivity contribution >= 4 is 23.4 Å². The lowest BCUT2D eigenvalue weighted by Gasteiger charge is -2.32. The summed E-state index contributed by atoms with van der Waals surface area (Å²) < 4.78 is 5.82. The molecule has 1 fully saturated rings. The number of nitrogens with one attached hydrogen (secondary N) is 1. The zero-order chi connectivity index (χ0) is 19.7. The van der Waals surface area contributed by atoms with Crippen LogP contribution in [-0.2, 0) is 31.1 Å². The monoisotopic (exact) mass is 378 g/mol. The molecule has 1 saturated heterocycles. The minimum atomic E-state index is -1.05. The number of imide groups is 1. The largest absolute Gasteiger partial charge is 0.377 e. The highest BCUT2D eigenvalue weighted by Gasteiger charge is 2.60. The molecule has 2 atom stereocenters. The fraction of sp³-hybridized carbons (Fsp3) is 0.318. The predicted molar refractivity (Wildman–Crippen MR) is 104 cm³/mol. The average molecular weight is 378 g/mol. The molecule has 2 aromatic carbocycles. The number of hydrogen-bond acceptors (Lipinski definition) is 4. The zero-order valence-electron chi connectivity index (χ0n) is 15.7. The molecule has 2 aromatic rings. The number of fused-ring (bicyclic) bond motifs is 2. The molecule has 0 bridgehead atoms. The van der Waals surface area contributed by atoms with E-state index >= 15 is 0 Å². The number of amides is 3. The third-order valence-electron chi connectivity index (χ3n) is 5.61. The Balaban J connectivity index is 1.60. The number of nitrogens with zero attached hydrogens (tertiary/aromatic N) is 1. The summed E-state index contributed by atoms with van der Waals surface area (Å²) in [5.74, 6) is -0.785. The Hall–Kier alpha value is -2.99. The van der Waals surface area contributed by atoms with Gasteiger partial charge >= 0.3 is 0 Å². The molecule has 3 amide bonds. The molecular formula is C22H22N2O4. The molecule has 28 heavy (non-hydrogen) atoms. The maximum absolute atomic E-state index is 12.9. The van der Waals surface area contributed by atoms with Gasteiger partial charge in [0.05, 0.1) is 12.6 Å². The van der Waals surface area contributed by atoms with E-state index < -0.39 is 11.5 Å². The first-order valence-corrected chi connectivity index (χ1v) is 9.39. The highest BCUT2D eigenvalue weighted by atomic mass is 16.5. The topological polar surface area (TPSA) is 75.7 Å². The molecule has 0 aromatic heterocycles. The SMILES string of the molecule is CC(=O)N1c2ccccc2[C@@]2(CC(=O)NC2=O)[C@H]1CCOCc1ccccc1. The molecule has 6 heteroatoms. The van der Waals surface area contributed by atoms with E-state index in [-0.39, 0.29) is 24.1 Å². The number of carbonyl (C=O) groups excluding carboxylic acids is 3. The van der Waals surface area contributed by atoms with E-state index in [0.717, 1.165) is 11.1 Å². The smallest absolute Gasteiger partial charge is 0.239 e. The lowest BCUT2D eigenvalue weighted by atomic mass is 9.74. The van der Waals surface area contributed by atoms with Gasteiger partial charge in [0, 0.05) is 25.6 Å². The van der Waals surface area contributed by atoms with Crippen LogP contribution in [0.3, 0.4) is 0 Å². The maximum Gasteiger partial charge on any atom is 0.239 e. The van der Waals surface area contributed by atoms with Gasteiger partial charge in [0.1, 0.15) is 5.41 Å². The molecule has 1 spiro atoms. The van der Waals surface area contributed by atoms with Gasteiger partial charge in [0.25, 0.3) is 0 Å². The maximum atomic E-state index is 12.9. The van der Waals surface area contributed by atoms with Crippen LogP contribution in [0.1, 0.15) is 30.9 Å². The normalized spacial score (nSPS) is 23.2. The van der Waals surface area contributed by atoms with E-state index in [9.17, 15) is 14.4 Å². The third-order valence-corrected chi connectivity index (χ3v) is 5.61. The van der Waals surface area contributed by atoms with E-state index in [0.29, 0.717) is 25.3 Å². The highest BCUT2D eigenvalue weighted by molar-refractivity contribution is 6.13. The van der Waals surface area contributed by atoms with Crippen LogP contribution in [0.2, 0.25) is 0 Å². The van der Waals surface area contributed by atoms with Crippen molar-refractivity contribution in [2.45, 2.75) is 37.8 Å². The third kappa shape index (κ3) is 2.90. The summed E-state index contributed by atoms with van der Waals surface area (Å²) >= 11 is 0. The van der Waals surface area contributed by atoms with E-state index in [1.54, 1.807) is 4.90 Å². The summed E-state index contributed by atoms with van der Waals surface area (Å²) in [7, 11) is 0. The van der Waals surface area contributed by atoms with Crippen molar-refractivity contribution in [2.75, 3.05) is 11.5 Å². The van der Waals surface area contributed by atoms with Crippen molar-refractivity contribution in [1.82, 2.24) is 5.32 Å². The first-order chi connectivity index (χ1) is 13.5. The number of hydrogen-bond donors (Lipinski definition) is 1. The number of para-hydroxylation sites is 1. The van der Waals surface area contributed by atoms with Crippen LogP contribution in [0.4, 0.5) is 5.69 Å². The fourth-order valence-corrected chi connectivity index (χ4v) is 4.46. The van der Waals surface area contributed by atoms with Gasteiger partial charge in [-0.15, -0.1) is 0 Å². The van der Waals surface area contributed by atoms with Gasteiger partial charge in [0.2, 0.25) is 17.7 Å². The van der Waals surface area contributed by atoms with E-state index in [1.165, 1.54) is 6.92 Å². The molecule has 2 aliphatic rings. The van der Waals surface area contributed by atoms with Gasteiger partial charge in [-0.25, -0.2) is 0 Å². The van der Waals surface area contributed by atoms with Crippen LogP contribution >= 0.6 is 0 Å². The van der Waals surface area contributed by atoms with Crippen molar-refractivity contribution in [2.24, 2.45) is 0 Å². The van der Waals surface area contributed by atoms with Crippen molar-refractivity contribution in [3.05, 3.63) is 65.7 Å². The van der Waals surface area contributed by atoms with Crippen molar-refractivity contribution in [3.63, 3.8) is 0 Å². The summed E-state index contributed by atoms with van der Waals surface area (Å²) in [6.07, 6.45) is 0.512. The Labute approximate surface area is 163 Å². The minimum Gasteiger partial charge on any atom is -0.377 e. The zero-order valence-corrected chi connectivity index (χ0v) is 15.7. The van der Waals surface area contributed by atoms with Gasteiger partial charge in [0.15, 0.2) is 0 Å².